The molecule has 3 aromatic carbocycles. The average Bonchev–Trinajstić information content (AvgIpc) is 2.82. The van der Waals surface area contributed by atoms with E-state index >= 15 is 0 Å². The van der Waals surface area contributed by atoms with Crippen LogP contribution in [0.5, 0.6) is 0 Å². The van der Waals surface area contributed by atoms with Crippen LogP contribution in [0.1, 0.15) is 43.1 Å². The van der Waals surface area contributed by atoms with Gasteiger partial charge >= 0.3 is 6.09 Å². The summed E-state index contributed by atoms with van der Waals surface area (Å²) in [5, 5.41) is 8.27. The Morgan fingerprint density at radius 3 is 2.17 bits per heavy atom. The minimum absolute atomic E-state index is 0.110. The number of hydrogen-bond acceptors (Lipinski definition) is 4. The summed E-state index contributed by atoms with van der Waals surface area (Å²) in [5.74, 6) is -0.409. The maximum Gasteiger partial charge on any atom is 0.407 e. The summed E-state index contributed by atoms with van der Waals surface area (Å²) in [4.78, 5) is 36.4. The highest BCUT2D eigenvalue weighted by Gasteiger charge is 2.16. The zero-order chi connectivity index (χ0) is 25.3. The molecule has 0 radical (unpaired) electrons. The molecule has 0 atom stereocenters. The molecule has 0 saturated carbocycles. The van der Waals surface area contributed by atoms with Gasteiger partial charge < -0.3 is 20.7 Å². The number of amides is 3. The van der Waals surface area contributed by atoms with Crippen molar-refractivity contribution < 1.29 is 19.1 Å². The van der Waals surface area contributed by atoms with Crippen molar-refractivity contribution in [1.82, 2.24) is 10.6 Å². The number of carbonyl (C=O) groups is 3. The van der Waals surface area contributed by atoms with Gasteiger partial charge in [0.25, 0.3) is 5.91 Å². The van der Waals surface area contributed by atoms with Crippen LogP contribution in [0.15, 0.2) is 78.9 Å². The van der Waals surface area contributed by atoms with Crippen LogP contribution in [0.25, 0.3) is 11.1 Å². The van der Waals surface area contributed by atoms with E-state index in [-0.39, 0.29) is 24.8 Å². The first kappa shape index (κ1) is 25.5. The molecule has 3 aromatic rings. The summed E-state index contributed by atoms with van der Waals surface area (Å²) in [5.41, 5.74) is 3.60. The maximum absolute atomic E-state index is 12.6. The number of carbonyl (C=O) groups excluding carboxylic acids is 3. The topological polar surface area (TPSA) is 96.5 Å². The number of alkyl carbamates (subject to hydrolysis) is 1. The highest BCUT2D eigenvalue weighted by Crippen LogP contribution is 2.19. The standard InChI is InChI=1S/C28H31N3O4/c1-28(2,3)35-27(34)29-17-16-25(32)31-24-11-7-8-20(18-24)19-30-26(33)23-14-12-22(13-15-23)21-9-5-4-6-10-21/h4-15,18H,16-17,19H2,1-3H3,(H,29,34)(H,30,33)(H,31,32). The van der Waals surface area contributed by atoms with Gasteiger partial charge in [0.1, 0.15) is 5.60 Å². The third kappa shape index (κ3) is 8.62. The minimum atomic E-state index is -0.589. The molecule has 3 N–H and O–H groups in total. The SMILES string of the molecule is CC(C)(C)OC(=O)NCCC(=O)Nc1cccc(CNC(=O)c2ccc(-c3ccccc3)cc2)c1. The normalized spacial score (nSPS) is 10.8. The monoisotopic (exact) mass is 473 g/mol. The lowest BCUT2D eigenvalue weighted by atomic mass is 10.0. The second-order valence-electron chi connectivity index (χ2n) is 9.05. The van der Waals surface area contributed by atoms with E-state index in [1.807, 2.05) is 54.6 Å². The van der Waals surface area contributed by atoms with Gasteiger partial charge in [-0.25, -0.2) is 4.79 Å². The van der Waals surface area contributed by atoms with E-state index in [0.717, 1.165) is 16.7 Å². The van der Waals surface area contributed by atoms with Crippen molar-refractivity contribution in [2.75, 3.05) is 11.9 Å². The highest BCUT2D eigenvalue weighted by molar-refractivity contribution is 5.94. The van der Waals surface area contributed by atoms with Crippen molar-refractivity contribution in [3.63, 3.8) is 0 Å². The number of anilines is 1. The summed E-state index contributed by atoms with van der Waals surface area (Å²) in [6, 6.07) is 24.7. The summed E-state index contributed by atoms with van der Waals surface area (Å²) < 4.78 is 5.14. The van der Waals surface area contributed by atoms with Crippen LogP contribution >= 0.6 is 0 Å². The van der Waals surface area contributed by atoms with Crippen LogP contribution in [0.4, 0.5) is 10.5 Å². The van der Waals surface area contributed by atoms with Crippen LogP contribution in [-0.4, -0.2) is 30.1 Å². The summed E-state index contributed by atoms with van der Waals surface area (Å²) in [7, 11) is 0. The third-order valence-electron chi connectivity index (χ3n) is 4.94. The molecule has 0 aliphatic rings. The van der Waals surface area contributed by atoms with Crippen molar-refractivity contribution >= 4 is 23.6 Å². The van der Waals surface area contributed by atoms with Crippen molar-refractivity contribution in [2.45, 2.75) is 39.3 Å². The lowest BCUT2D eigenvalue weighted by Gasteiger charge is -2.19. The first-order valence-electron chi connectivity index (χ1n) is 11.5. The van der Waals surface area contributed by atoms with E-state index in [4.69, 9.17) is 4.74 Å². The number of ether oxygens (including phenoxy) is 1. The van der Waals surface area contributed by atoms with Crippen LogP contribution < -0.4 is 16.0 Å². The van der Waals surface area contributed by atoms with Crippen LogP contribution in [-0.2, 0) is 16.1 Å². The molecule has 0 bridgehead atoms. The molecule has 0 heterocycles. The quantitative estimate of drug-likeness (QED) is 0.422. The fourth-order valence-electron chi connectivity index (χ4n) is 3.30. The van der Waals surface area contributed by atoms with Gasteiger partial charge in [0.2, 0.25) is 5.91 Å². The Balaban J connectivity index is 1.46. The molecule has 0 unspecified atom stereocenters. The van der Waals surface area contributed by atoms with Gasteiger partial charge in [0, 0.05) is 30.8 Å². The van der Waals surface area contributed by atoms with Gasteiger partial charge in [-0.05, 0) is 61.7 Å². The Morgan fingerprint density at radius 2 is 1.49 bits per heavy atom. The van der Waals surface area contributed by atoms with Gasteiger partial charge in [-0.15, -0.1) is 0 Å². The molecule has 35 heavy (non-hydrogen) atoms. The molecule has 7 heteroatoms. The van der Waals surface area contributed by atoms with E-state index in [0.29, 0.717) is 17.8 Å². The number of benzene rings is 3. The first-order valence-corrected chi connectivity index (χ1v) is 11.5. The lowest BCUT2D eigenvalue weighted by molar-refractivity contribution is -0.116. The predicted molar refractivity (Wildman–Crippen MR) is 137 cm³/mol. The molecule has 0 fully saturated rings. The van der Waals surface area contributed by atoms with E-state index in [9.17, 15) is 14.4 Å². The Labute approximate surface area is 205 Å². The molecule has 3 amide bonds. The zero-order valence-electron chi connectivity index (χ0n) is 20.3. The molecule has 182 valence electrons. The maximum atomic E-state index is 12.6. The molecule has 0 aliphatic carbocycles. The van der Waals surface area contributed by atoms with E-state index in [2.05, 4.69) is 16.0 Å². The number of nitrogens with one attached hydrogen (secondary N) is 3. The second kappa shape index (κ2) is 11.8. The largest absolute Gasteiger partial charge is 0.444 e. The van der Waals surface area contributed by atoms with Crippen LogP contribution in [0.2, 0.25) is 0 Å². The highest BCUT2D eigenvalue weighted by atomic mass is 16.6. The predicted octanol–water partition coefficient (Wildman–Crippen LogP) is 5.14. The van der Waals surface area contributed by atoms with Crippen molar-refractivity contribution in [3.05, 3.63) is 90.0 Å². The fourth-order valence-corrected chi connectivity index (χ4v) is 3.30. The molecule has 7 nitrogen and oxygen atoms in total. The molecule has 0 aromatic heterocycles. The summed E-state index contributed by atoms with van der Waals surface area (Å²) in [6.45, 7) is 5.81. The fraction of sp³-hybridized carbons (Fsp3) is 0.250. The van der Waals surface area contributed by atoms with Gasteiger partial charge in [-0.1, -0.05) is 54.6 Å². The number of rotatable bonds is 8. The van der Waals surface area contributed by atoms with Crippen molar-refractivity contribution in [3.8, 4) is 11.1 Å². The summed E-state index contributed by atoms with van der Waals surface area (Å²) >= 11 is 0. The van der Waals surface area contributed by atoms with Crippen molar-refractivity contribution in [1.29, 1.82) is 0 Å². The van der Waals surface area contributed by atoms with E-state index in [1.165, 1.54) is 0 Å². The molecule has 3 rings (SSSR count). The Kier molecular flexibility index (Phi) is 8.62. The Morgan fingerprint density at radius 1 is 0.800 bits per heavy atom. The Hall–Kier alpha value is -4.13. The van der Waals surface area contributed by atoms with E-state index < -0.39 is 11.7 Å². The molecule has 0 aliphatic heterocycles. The van der Waals surface area contributed by atoms with Gasteiger partial charge in [0.15, 0.2) is 0 Å². The van der Waals surface area contributed by atoms with Crippen LogP contribution in [0, 0.1) is 0 Å². The first-order chi connectivity index (χ1) is 16.7. The average molecular weight is 474 g/mol. The second-order valence-corrected chi connectivity index (χ2v) is 9.05. The van der Waals surface area contributed by atoms with Gasteiger partial charge in [0.05, 0.1) is 0 Å². The number of hydrogen-bond donors (Lipinski definition) is 3. The Bertz CT molecular complexity index is 1150. The lowest BCUT2D eigenvalue weighted by Crippen LogP contribution is -2.34. The van der Waals surface area contributed by atoms with E-state index in [1.54, 1.807) is 45.0 Å². The van der Waals surface area contributed by atoms with Gasteiger partial charge in [-0.2, -0.15) is 0 Å². The third-order valence-corrected chi connectivity index (χ3v) is 4.94. The van der Waals surface area contributed by atoms with Gasteiger partial charge in [-0.3, -0.25) is 9.59 Å². The zero-order valence-corrected chi connectivity index (χ0v) is 20.3. The minimum Gasteiger partial charge on any atom is -0.444 e. The molecule has 0 saturated heterocycles. The molecule has 0 spiro atoms. The molecular weight excluding hydrogens is 442 g/mol. The van der Waals surface area contributed by atoms with Crippen molar-refractivity contribution in [2.24, 2.45) is 0 Å². The van der Waals surface area contributed by atoms with Crippen LogP contribution in [0.3, 0.4) is 0 Å². The molecular formula is C28H31N3O4. The smallest absolute Gasteiger partial charge is 0.407 e. The summed E-state index contributed by atoms with van der Waals surface area (Å²) in [6.07, 6.45) is -0.447.